The number of carbonyl (C=O) groups excluding carboxylic acids is 2. The zero-order chi connectivity index (χ0) is 33.9. The lowest BCUT2D eigenvalue weighted by molar-refractivity contribution is 0.0458. The molecule has 8 nitrogen and oxygen atoms in total. The quantitative estimate of drug-likeness (QED) is 0.0906. The van der Waals surface area contributed by atoms with E-state index in [1.165, 1.54) is 0 Å². The second-order valence-electron chi connectivity index (χ2n) is 12.4. The van der Waals surface area contributed by atoms with Crippen LogP contribution in [-0.2, 0) is 32.2 Å². The normalized spacial score (nSPS) is 16.2. The molecular formula is C42H34O8. The van der Waals surface area contributed by atoms with Crippen molar-refractivity contribution in [2.45, 2.75) is 25.4 Å². The van der Waals surface area contributed by atoms with Crippen molar-refractivity contribution < 1.29 is 38.0 Å². The van der Waals surface area contributed by atoms with E-state index in [-0.39, 0.29) is 49.8 Å². The number of esters is 2. The fraction of sp³-hybridized carbons (Fsp3) is 0.190. The van der Waals surface area contributed by atoms with Gasteiger partial charge >= 0.3 is 11.9 Å². The fourth-order valence-corrected chi connectivity index (χ4v) is 6.04. The van der Waals surface area contributed by atoms with Crippen molar-refractivity contribution in [1.82, 2.24) is 0 Å². The standard InChI is InChI=1S/C42H34O8/c43-41(49-21-27-11-3-1-4-12-27)35-19-29-15-7-9-17-33(29)37(39(35)47-25-31-23-45-31)38-34-18-10-8-16-30(34)20-36(40(38)48-26-32-24-46-32)42(44)50-22-28-13-5-2-6-14-28/h1-20,31-32H,21-26H2. The van der Waals surface area contributed by atoms with Crippen LogP contribution in [0.5, 0.6) is 11.5 Å². The van der Waals surface area contributed by atoms with E-state index in [4.69, 9.17) is 28.4 Å². The van der Waals surface area contributed by atoms with Gasteiger partial charge in [0.1, 0.15) is 61.3 Å². The van der Waals surface area contributed by atoms with E-state index in [0.29, 0.717) is 35.8 Å². The average Bonchev–Trinajstić information content (AvgIpc) is 4.11. The van der Waals surface area contributed by atoms with Gasteiger partial charge in [0, 0.05) is 11.1 Å². The Bertz CT molecular complexity index is 2020. The Labute approximate surface area is 289 Å². The third kappa shape index (κ3) is 6.89. The van der Waals surface area contributed by atoms with E-state index in [2.05, 4.69) is 0 Å². The topological polar surface area (TPSA) is 96.1 Å². The third-order valence-corrected chi connectivity index (χ3v) is 8.75. The van der Waals surface area contributed by atoms with Gasteiger partial charge in [-0.3, -0.25) is 0 Å². The summed E-state index contributed by atoms with van der Waals surface area (Å²) in [6.45, 7) is 1.78. The van der Waals surface area contributed by atoms with E-state index < -0.39 is 11.9 Å². The number of ether oxygens (including phenoxy) is 6. The molecule has 0 radical (unpaired) electrons. The third-order valence-electron chi connectivity index (χ3n) is 8.75. The highest BCUT2D eigenvalue weighted by molar-refractivity contribution is 6.16. The lowest BCUT2D eigenvalue weighted by atomic mass is 9.88. The summed E-state index contributed by atoms with van der Waals surface area (Å²) in [7, 11) is 0. The number of fused-ring (bicyclic) bond motifs is 2. The summed E-state index contributed by atoms with van der Waals surface area (Å²) in [6.07, 6.45) is -0.192. The molecule has 6 aromatic rings. The van der Waals surface area contributed by atoms with Gasteiger partial charge in [0.25, 0.3) is 0 Å². The highest BCUT2D eigenvalue weighted by Crippen LogP contribution is 2.49. The predicted molar refractivity (Wildman–Crippen MR) is 188 cm³/mol. The Balaban J connectivity index is 1.33. The first-order valence-electron chi connectivity index (χ1n) is 16.6. The maximum atomic E-state index is 14.0. The van der Waals surface area contributed by atoms with Crippen LogP contribution in [0.25, 0.3) is 32.7 Å². The first kappa shape index (κ1) is 31.6. The van der Waals surface area contributed by atoms with Gasteiger partial charge < -0.3 is 28.4 Å². The van der Waals surface area contributed by atoms with Crippen LogP contribution in [0.15, 0.2) is 121 Å². The van der Waals surface area contributed by atoms with Crippen LogP contribution in [0.4, 0.5) is 0 Å². The molecule has 0 amide bonds. The number of benzene rings is 6. The van der Waals surface area contributed by atoms with Crippen LogP contribution in [0.1, 0.15) is 31.8 Å². The number of epoxide rings is 2. The van der Waals surface area contributed by atoms with Crippen molar-refractivity contribution in [2.75, 3.05) is 26.4 Å². The minimum absolute atomic E-state index is 0.0917. The molecule has 8 rings (SSSR count). The fourth-order valence-electron chi connectivity index (χ4n) is 6.04. The molecule has 0 N–H and O–H groups in total. The van der Waals surface area contributed by atoms with Gasteiger partial charge in [-0.05, 0) is 44.8 Å². The summed E-state index contributed by atoms with van der Waals surface area (Å²) in [6, 6.07) is 38.2. The lowest BCUT2D eigenvalue weighted by Gasteiger charge is -2.23. The van der Waals surface area contributed by atoms with Gasteiger partial charge in [0.2, 0.25) is 0 Å². The Morgan fingerprint density at radius 3 is 1.32 bits per heavy atom. The highest BCUT2D eigenvalue weighted by atomic mass is 16.6. The molecule has 0 bridgehead atoms. The molecule has 0 saturated carbocycles. The molecule has 2 atom stereocenters. The minimum atomic E-state index is -0.538. The van der Waals surface area contributed by atoms with Crippen LogP contribution in [0.2, 0.25) is 0 Å². The van der Waals surface area contributed by atoms with Gasteiger partial charge in [-0.2, -0.15) is 0 Å². The van der Waals surface area contributed by atoms with Gasteiger partial charge in [0.05, 0.1) is 13.2 Å². The van der Waals surface area contributed by atoms with Crippen LogP contribution in [0.3, 0.4) is 0 Å². The summed E-state index contributed by atoms with van der Waals surface area (Å²) in [5, 5.41) is 3.21. The summed E-state index contributed by atoms with van der Waals surface area (Å²) in [5.41, 5.74) is 3.45. The Morgan fingerprint density at radius 2 is 0.920 bits per heavy atom. The first-order chi connectivity index (χ1) is 24.6. The van der Waals surface area contributed by atoms with Crippen LogP contribution >= 0.6 is 0 Å². The second kappa shape index (κ2) is 14.0. The average molecular weight is 667 g/mol. The molecule has 2 fully saturated rings. The smallest absolute Gasteiger partial charge is 0.342 e. The molecule has 8 heteroatoms. The van der Waals surface area contributed by atoms with Crippen molar-refractivity contribution in [1.29, 1.82) is 0 Å². The summed E-state index contributed by atoms with van der Waals surface area (Å²) < 4.78 is 35.9. The van der Waals surface area contributed by atoms with Crippen LogP contribution < -0.4 is 9.47 Å². The molecule has 0 aliphatic carbocycles. The summed E-state index contributed by atoms with van der Waals surface area (Å²) >= 11 is 0. The van der Waals surface area contributed by atoms with Gasteiger partial charge in [0.15, 0.2) is 0 Å². The van der Waals surface area contributed by atoms with Crippen molar-refractivity contribution >= 4 is 33.5 Å². The number of rotatable bonds is 13. The molecule has 2 aliphatic heterocycles. The molecular weight excluding hydrogens is 632 g/mol. The summed E-state index contributed by atoms with van der Waals surface area (Å²) in [5.74, 6) is -0.428. The first-order valence-corrected chi connectivity index (χ1v) is 16.6. The maximum absolute atomic E-state index is 14.0. The molecule has 50 heavy (non-hydrogen) atoms. The molecule has 250 valence electrons. The van der Waals surface area contributed by atoms with Crippen molar-refractivity contribution in [2.24, 2.45) is 0 Å². The molecule has 2 unspecified atom stereocenters. The van der Waals surface area contributed by atoms with E-state index in [0.717, 1.165) is 32.7 Å². The molecule has 0 aromatic heterocycles. The van der Waals surface area contributed by atoms with Crippen molar-refractivity contribution in [3.63, 3.8) is 0 Å². The monoisotopic (exact) mass is 666 g/mol. The minimum Gasteiger partial charge on any atom is -0.489 e. The van der Waals surface area contributed by atoms with Crippen LogP contribution in [0, 0.1) is 0 Å². The summed E-state index contributed by atoms with van der Waals surface area (Å²) in [4.78, 5) is 28.1. The lowest BCUT2D eigenvalue weighted by Crippen LogP contribution is -2.14. The largest absolute Gasteiger partial charge is 0.489 e. The predicted octanol–water partition coefficient (Wildman–Crippen LogP) is 7.93. The SMILES string of the molecule is O=C(OCc1ccccc1)c1cc2ccccc2c(-c2c(OCC3CO3)c(C(=O)OCc3ccccc3)cc3ccccc23)c1OCC1CO1. The molecule has 2 heterocycles. The maximum Gasteiger partial charge on any atom is 0.342 e. The number of hydrogen-bond donors (Lipinski definition) is 0. The van der Waals surface area contributed by atoms with E-state index in [9.17, 15) is 9.59 Å². The van der Waals surface area contributed by atoms with Crippen LogP contribution in [-0.4, -0.2) is 50.6 Å². The Kier molecular flexibility index (Phi) is 8.86. The van der Waals surface area contributed by atoms with E-state index >= 15 is 0 Å². The zero-order valence-corrected chi connectivity index (χ0v) is 27.2. The zero-order valence-electron chi connectivity index (χ0n) is 27.2. The van der Waals surface area contributed by atoms with Gasteiger partial charge in [-0.15, -0.1) is 0 Å². The van der Waals surface area contributed by atoms with Crippen molar-refractivity contribution in [3.05, 3.63) is 144 Å². The number of hydrogen-bond acceptors (Lipinski definition) is 8. The second-order valence-corrected chi connectivity index (χ2v) is 12.4. The molecule has 0 spiro atoms. The highest BCUT2D eigenvalue weighted by Gasteiger charge is 2.32. The van der Waals surface area contributed by atoms with E-state index in [1.807, 2.05) is 109 Å². The Hall–Kier alpha value is -5.70. The molecule has 6 aromatic carbocycles. The Morgan fingerprint density at radius 1 is 0.540 bits per heavy atom. The van der Waals surface area contributed by atoms with Crippen molar-refractivity contribution in [3.8, 4) is 22.6 Å². The number of carbonyl (C=O) groups is 2. The molecule has 2 aliphatic rings. The van der Waals surface area contributed by atoms with E-state index in [1.54, 1.807) is 12.1 Å². The van der Waals surface area contributed by atoms with Gasteiger partial charge in [-0.25, -0.2) is 9.59 Å². The molecule has 2 saturated heterocycles. The van der Waals surface area contributed by atoms with Gasteiger partial charge in [-0.1, -0.05) is 109 Å².